The van der Waals surface area contributed by atoms with Gasteiger partial charge in [0.05, 0.1) is 17.1 Å². The highest BCUT2D eigenvalue weighted by Gasteiger charge is 2.17. The Morgan fingerprint density at radius 1 is 0.909 bits per heavy atom. The molecule has 1 atom stereocenters. The number of rotatable bonds is 2. The van der Waals surface area contributed by atoms with Crippen LogP contribution in [0.15, 0.2) is 62.9 Å². The predicted molar refractivity (Wildman–Crippen MR) is 103 cm³/mol. The van der Waals surface area contributed by atoms with E-state index in [0.29, 0.717) is 6.04 Å². The molecule has 0 fully saturated rings. The molecular formula is C18H13Br2NS. The van der Waals surface area contributed by atoms with Gasteiger partial charge >= 0.3 is 0 Å². The van der Waals surface area contributed by atoms with Crippen molar-refractivity contribution in [3.8, 4) is 0 Å². The van der Waals surface area contributed by atoms with Crippen molar-refractivity contribution in [3.05, 3.63) is 67.7 Å². The molecule has 1 nitrogen and oxygen atoms in total. The van der Waals surface area contributed by atoms with Crippen molar-refractivity contribution < 1.29 is 0 Å². The van der Waals surface area contributed by atoms with Crippen molar-refractivity contribution in [1.82, 2.24) is 4.57 Å². The molecule has 4 heteroatoms. The Morgan fingerprint density at radius 2 is 1.50 bits per heavy atom. The maximum atomic E-state index is 3.62. The Morgan fingerprint density at radius 3 is 2.00 bits per heavy atom. The van der Waals surface area contributed by atoms with Crippen LogP contribution in [0.4, 0.5) is 0 Å². The minimum atomic E-state index is 0.309. The third-order valence-electron chi connectivity index (χ3n) is 4.07. The van der Waals surface area contributed by atoms with Gasteiger partial charge in [0.15, 0.2) is 0 Å². The number of thiophene rings is 1. The second-order valence-electron chi connectivity index (χ2n) is 5.38. The molecule has 0 amide bonds. The van der Waals surface area contributed by atoms with E-state index in [2.05, 4.69) is 97.3 Å². The van der Waals surface area contributed by atoms with Crippen LogP contribution in [-0.4, -0.2) is 4.57 Å². The molecule has 2 aromatic carbocycles. The monoisotopic (exact) mass is 433 g/mol. The van der Waals surface area contributed by atoms with Crippen LogP contribution < -0.4 is 0 Å². The molecule has 4 rings (SSSR count). The summed E-state index contributed by atoms with van der Waals surface area (Å²) in [6.07, 6.45) is 0. The molecule has 1 unspecified atom stereocenters. The lowest BCUT2D eigenvalue weighted by molar-refractivity contribution is 0.698. The molecular weight excluding hydrogens is 422 g/mol. The maximum Gasteiger partial charge on any atom is 0.0656 e. The molecule has 0 spiro atoms. The second kappa shape index (κ2) is 5.52. The molecule has 2 aromatic heterocycles. The highest BCUT2D eigenvalue weighted by molar-refractivity contribution is 9.10. The molecule has 0 saturated heterocycles. The van der Waals surface area contributed by atoms with Crippen molar-refractivity contribution >= 4 is 65.0 Å². The van der Waals surface area contributed by atoms with Crippen LogP contribution in [0.2, 0.25) is 0 Å². The fourth-order valence-electron chi connectivity index (χ4n) is 3.07. The van der Waals surface area contributed by atoms with Gasteiger partial charge in [-0.2, -0.15) is 0 Å². The van der Waals surface area contributed by atoms with E-state index in [1.54, 1.807) is 0 Å². The average molecular weight is 435 g/mol. The summed E-state index contributed by atoms with van der Waals surface area (Å²) in [5, 5.41) is 4.74. The minimum absolute atomic E-state index is 0.309. The molecule has 0 aliphatic carbocycles. The first-order valence-electron chi connectivity index (χ1n) is 7.07. The molecule has 0 N–H and O–H groups in total. The fraction of sp³-hybridized carbons (Fsp3) is 0.111. The third-order valence-corrected chi connectivity index (χ3v) is 6.10. The zero-order chi connectivity index (χ0) is 15.3. The SMILES string of the molecule is CC(c1cccs1)n1c2cc(Br)ccc2c2ccc(Br)cc21. The Hall–Kier alpha value is -1.10. The maximum absolute atomic E-state index is 3.62. The molecule has 0 radical (unpaired) electrons. The van der Waals surface area contributed by atoms with Gasteiger partial charge in [-0.15, -0.1) is 11.3 Å². The highest BCUT2D eigenvalue weighted by atomic mass is 79.9. The second-order valence-corrected chi connectivity index (χ2v) is 8.19. The summed E-state index contributed by atoms with van der Waals surface area (Å²) in [5.41, 5.74) is 2.53. The van der Waals surface area contributed by atoms with E-state index >= 15 is 0 Å². The number of halogens is 2. The van der Waals surface area contributed by atoms with E-state index in [1.807, 2.05) is 11.3 Å². The number of hydrogen-bond donors (Lipinski definition) is 0. The van der Waals surface area contributed by atoms with Crippen LogP contribution in [0.5, 0.6) is 0 Å². The van der Waals surface area contributed by atoms with Crippen LogP contribution in [0.1, 0.15) is 17.8 Å². The van der Waals surface area contributed by atoms with Gasteiger partial charge in [0.25, 0.3) is 0 Å². The molecule has 22 heavy (non-hydrogen) atoms. The topological polar surface area (TPSA) is 4.93 Å². The van der Waals surface area contributed by atoms with Gasteiger partial charge in [0.1, 0.15) is 0 Å². The van der Waals surface area contributed by atoms with Crippen molar-refractivity contribution in [1.29, 1.82) is 0 Å². The number of fused-ring (bicyclic) bond motifs is 3. The molecule has 0 saturated carbocycles. The van der Waals surface area contributed by atoms with E-state index in [9.17, 15) is 0 Å². The van der Waals surface area contributed by atoms with Gasteiger partial charge in [0.2, 0.25) is 0 Å². The minimum Gasteiger partial charge on any atom is -0.332 e. The lowest BCUT2D eigenvalue weighted by Gasteiger charge is -2.15. The van der Waals surface area contributed by atoms with Gasteiger partial charge in [-0.1, -0.05) is 50.1 Å². The smallest absolute Gasteiger partial charge is 0.0656 e. The van der Waals surface area contributed by atoms with Gasteiger partial charge in [-0.3, -0.25) is 0 Å². The van der Waals surface area contributed by atoms with Crippen molar-refractivity contribution in [2.45, 2.75) is 13.0 Å². The number of hydrogen-bond acceptors (Lipinski definition) is 1. The van der Waals surface area contributed by atoms with Crippen LogP contribution in [-0.2, 0) is 0 Å². The Balaban J connectivity index is 2.12. The quantitative estimate of drug-likeness (QED) is 0.320. The summed E-state index contributed by atoms with van der Waals surface area (Å²) in [4.78, 5) is 1.37. The lowest BCUT2D eigenvalue weighted by atomic mass is 10.2. The Bertz CT molecular complexity index is 911. The first-order valence-corrected chi connectivity index (χ1v) is 9.54. The normalized spacial score (nSPS) is 13.0. The number of nitrogens with zero attached hydrogens (tertiary/aromatic N) is 1. The number of benzene rings is 2. The fourth-order valence-corrected chi connectivity index (χ4v) is 4.54. The van der Waals surface area contributed by atoms with E-state index in [1.165, 1.54) is 26.7 Å². The van der Waals surface area contributed by atoms with Crippen LogP contribution >= 0.6 is 43.2 Å². The van der Waals surface area contributed by atoms with Gasteiger partial charge in [0, 0.05) is 24.6 Å². The summed E-state index contributed by atoms with van der Waals surface area (Å²) in [5.74, 6) is 0. The highest BCUT2D eigenvalue weighted by Crippen LogP contribution is 2.37. The van der Waals surface area contributed by atoms with Gasteiger partial charge < -0.3 is 4.57 Å². The van der Waals surface area contributed by atoms with Crippen LogP contribution in [0.25, 0.3) is 21.8 Å². The van der Waals surface area contributed by atoms with E-state index in [0.717, 1.165) is 8.95 Å². The standard InChI is InChI=1S/C18H13Br2NS/c1-11(18-3-2-8-22-18)21-16-9-12(19)4-6-14(16)15-7-5-13(20)10-17(15)21/h2-11H,1H3. The molecule has 0 aliphatic heterocycles. The summed E-state index contributed by atoms with van der Waals surface area (Å²) in [6.45, 7) is 2.27. The third kappa shape index (κ3) is 2.25. The van der Waals surface area contributed by atoms with Crippen molar-refractivity contribution in [2.75, 3.05) is 0 Å². The molecule has 2 heterocycles. The largest absolute Gasteiger partial charge is 0.332 e. The Kier molecular flexibility index (Phi) is 3.63. The zero-order valence-electron chi connectivity index (χ0n) is 11.9. The van der Waals surface area contributed by atoms with Gasteiger partial charge in [-0.05, 0) is 42.6 Å². The predicted octanol–water partition coefficient (Wildman–Crippen LogP) is 6.99. The summed E-state index contributed by atoms with van der Waals surface area (Å²) in [7, 11) is 0. The van der Waals surface area contributed by atoms with E-state index in [-0.39, 0.29) is 0 Å². The summed E-state index contributed by atoms with van der Waals surface area (Å²) in [6, 6.07) is 17.7. The molecule has 0 aliphatic rings. The van der Waals surface area contributed by atoms with Crippen LogP contribution in [0.3, 0.4) is 0 Å². The molecule has 0 bridgehead atoms. The lowest BCUT2D eigenvalue weighted by Crippen LogP contribution is -2.04. The first kappa shape index (κ1) is 14.5. The van der Waals surface area contributed by atoms with E-state index in [4.69, 9.17) is 0 Å². The zero-order valence-corrected chi connectivity index (χ0v) is 15.9. The van der Waals surface area contributed by atoms with E-state index < -0.39 is 0 Å². The summed E-state index contributed by atoms with van der Waals surface area (Å²) < 4.78 is 4.66. The van der Waals surface area contributed by atoms with Crippen molar-refractivity contribution in [3.63, 3.8) is 0 Å². The summed E-state index contributed by atoms with van der Waals surface area (Å²) >= 11 is 9.04. The number of aromatic nitrogens is 1. The van der Waals surface area contributed by atoms with Crippen LogP contribution in [0, 0.1) is 0 Å². The Labute approximate surface area is 149 Å². The average Bonchev–Trinajstić information content (AvgIpc) is 3.11. The van der Waals surface area contributed by atoms with Crippen molar-refractivity contribution in [2.24, 2.45) is 0 Å². The van der Waals surface area contributed by atoms with Gasteiger partial charge in [-0.25, -0.2) is 0 Å². The molecule has 4 aromatic rings. The molecule has 110 valence electrons. The first-order chi connectivity index (χ1) is 10.6.